The zero-order valence-corrected chi connectivity index (χ0v) is 16.0. The smallest absolute Gasteiger partial charge is 0.275 e. The fourth-order valence-electron chi connectivity index (χ4n) is 3.87. The van der Waals surface area contributed by atoms with Crippen molar-refractivity contribution in [2.24, 2.45) is 0 Å². The Labute approximate surface area is 157 Å². The summed E-state index contributed by atoms with van der Waals surface area (Å²) < 4.78 is 1.49. The molecule has 6 nitrogen and oxygen atoms in total. The van der Waals surface area contributed by atoms with Crippen LogP contribution in [-0.4, -0.2) is 31.9 Å². The van der Waals surface area contributed by atoms with E-state index in [0.29, 0.717) is 17.8 Å². The molecule has 3 heterocycles. The Balaban J connectivity index is 1.76. The molecule has 1 amide bonds. The van der Waals surface area contributed by atoms with Crippen molar-refractivity contribution >= 4 is 11.6 Å². The molecular formula is C21H24N4O2. The van der Waals surface area contributed by atoms with Crippen LogP contribution >= 0.6 is 0 Å². The molecule has 1 saturated heterocycles. The van der Waals surface area contributed by atoms with Gasteiger partial charge in [-0.2, -0.15) is 0 Å². The van der Waals surface area contributed by atoms with Crippen LogP contribution in [0.5, 0.6) is 0 Å². The number of benzene rings is 1. The molecule has 0 spiro atoms. The second kappa shape index (κ2) is 6.68. The first kappa shape index (κ1) is 17.5. The van der Waals surface area contributed by atoms with Gasteiger partial charge in [0.15, 0.2) is 5.65 Å². The Hall–Kier alpha value is -2.89. The summed E-state index contributed by atoms with van der Waals surface area (Å²) in [4.78, 5) is 32.2. The monoisotopic (exact) mass is 364 g/mol. The normalized spacial score (nSPS) is 17.4. The number of aromatic nitrogens is 3. The van der Waals surface area contributed by atoms with Gasteiger partial charge in [-0.05, 0) is 51.7 Å². The van der Waals surface area contributed by atoms with E-state index in [9.17, 15) is 9.59 Å². The van der Waals surface area contributed by atoms with Gasteiger partial charge in [0.1, 0.15) is 0 Å². The van der Waals surface area contributed by atoms with E-state index < -0.39 is 0 Å². The number of nitrogens with one attached hydrogen (secondary N) is 1. The van der Waals surface area contributed by atoms with Crippen molar-refractivity contribution in [3.8, 4) is 0 Å². The van der Waals surface area contributed by atoms with Crippen LogP contribution in [0.1, 0.15) is 58.2 Å². The summed E-state index contributed by atoms with van der Waals surface area (Å²) in [5.74, 6) is 0.0455. The number of likely N-dealkylation sites (tertiary alicyclic amines) is 1. The standard InChI is InChI=1S/C21H24N4O2/c1-13-8-4-5-9-16(13)21(27)24-11-7-6-10-18(24)17-12-19-22-15(3)14(2)20(26)25(19)23-17/h4-5,8-9,12,18,23H,6-7,10-11H2,1-3H3/t18-/m1/s1. The molecule has 6 heteroatoms. The molecule has 4 rings (SSSR count). The molecule has 1 atom stereocenters. The molecule has 0 radical (unpaired) electrons. The van der Waals surface area contributed by atoms with Crippen molar-refractivity contribution in [3.05, 3.63) is 68.8 Å². The lowest BCUT2D eigenvalue weighted by atomic mass is 9.97. The Morgan fingerprint density at radius 2 is 1.96 bits per heavy atom. The molecular weight excluding hydrogens is 340 g/mol. The largest absolute Gasteiger partial charge is 0.330 e. The summed E-state index contributed by atoms with van der Waals surface area (Å²) in [5, 5.41) is 3.20. The van der Waals surface area contributed by atoms with E-state index in [1.807, 2.05) is 49.1 Å². The number of fused-ring (bicyclic) bond motifs is 1. The SMILES string of the molecule is Cc1ccccc1C(=O)N1CCCC[C@@H]1c1cc2nc(C)c(C)c(=O)n2[nH]1. The maximum Gasteiger partial charge on any atom is 0.275 e. The highest BCUT2D eigenvalue weighted by Gasteiger charge is 2.30. The number of hydrogen-bond donors (Lipinski definition) is 1. The zero-order chi connectivity index (χ0) is 19.1. The molecule has 140 valence electrons. The highest BCUT2D eigenvalue weighted by atomic mass is 16.2. The van der Waals surface area contributed by atoms with E-state index in [4.69, 9.17) is 0 Å². The Morgan fingerprint density at radius 3 is 2.74 bits per heavy atom. The first-order valence-electron chi connectivity index (χ1n) is 9.43. The van der Waals surface area contributed by atoms with E-state index in [1.54, 1.807) is 6.92 Å². The van der Waals surface area contributed by atoms with E-state index >= 15 is 0 Å². The van der Waals surface area contributed by atoms with E-state index in [1.165, 1.54) is 4.52 Å². The highest BCUT2D eigenvalue weighted by Crippen LogP contribution is 2.32. The van der Waals surface area contributed by atoms with Gasteiger partial charge in [0.25, 0.3) is 11.5 Å². The molecule has 0 aliphatic carbocycles. The summed E-state index contributed by atoms with van der Waals surface area (Å²) in [6.45, 7) is 6.31. The third kappa shape index (κ3) is 2.95. The van der Waals surface area contributed by atoms with Crippen molar-refractivity contribution in [1.29, 1.82) is 0 Å². The van der Waals surface area contributed by atoms with Gasteiger partial charge in [0.05, 0.1) is 11.7 Å². The number of rotatable bonds is 2. The lowest BCUT2D eigenvalue weighted by molar-refractivity contribution is 0.0605. The molecule has 0 bridgehead atoms. The van der Waals surface area contributed by atoms with Crippen LogP contribution in [-0.2, 0) is 0 Å². The summed E-state index contributed by atoms with van der Waals surface area (Å²) in [7, 11) is 0. The minimum absolute atomic E-state index is 0.0455. The molecule has 0 unspecified atom stereocenters. The fraction of sp³-hybridized carbons (Fsp3) is 0.381. The number of piperidine rings is 1. The van der Waals surface area contributed by atoms with Gasteiger partial charge in [0, 0.05) is 29.4 Å². The zero-order valence-electron chi connectivity index (χ0n) is 16.0. The summed E-state index contributed by atoms with van der Waals surface area (Å²) in [6, 6.07) is 9.52. The van der Waals surface area contributed by atoms with E-state index in [0.717, 1.165) is 41.8 Å². The summed E-state index contributed by atoms with van der Waals surface area (Å²) in [6.07, 6.45) is 2.92. The van der Waals surface area contributed by atoms with Crippen molar-refractivity contribution in [3.63, 3.8) is 0 Å². The van der Waals surface area contributed by atoms with Crippen molar-refractivity contribution in [1.82, 2.24) is 19.5 Å². The molecule has 1 aliphatic rings. The van der Waals surface area contributed by atoms with Crippen molar-refractivity contribution < 1.29 is 4.79 Å². The van der Waals surface area contributed by atoms with Crippen LogP contribution in [0.15, 0.2) is 35.1 Å². The number of amides is 1. The molecule has 1 aromatic carbocycles. The fourth-order valence-corrected chi connectivity index (χ4v) is 3.87. The van der Waals surface area contributed by atoms with E-state index in [2.05, 4.69) is 10.1 Å². The number of aromatic amines is 1. The number of carbonyl (C=O) groups excluding carboxylic acids is 1. The minimum atomic E-state index is -0.0867. The molecule has 2 aromatic heterocycles. The third-order valence-corrected chi connectivity index (χ3v) is 5.60. The average molecular weight is 364 g/mol. The third-order valence-electron chi connectivity index (χ3n) is 5.60. The van der Waals surface area contributed by atoms with Crippen molar-refractivity contribution in [2.75, 3.05) is 6.54 Å². The van der Waals surface area contributed by atoms with E-state index in [-0.39, 0.29) is 17.5 Å². The number of hydrogen-bond acceptors (Lipinski definition) is 3. The summed E-state index contributed by atoms with van der Waals surface area (Å²) >= 11 is 0. The number of carbonyl (C=O) groups is 1. The molecule has 1 aliphatic heterocycles. The van der Waals surface area contributed by atoms with Crippen LogP contribution in [0.3, 0.4) is 0 Å². The minimum Gasteiger partial charge on any atom is -0.330 e. The second-order valence-electron chi connectivity index (χ2n) is 7.36. The van der Waals surface area contributed by atoms with Crippen LogP contribution in [0.25, 0.3) is 5.65 Å². The van der Waals surface area contributed by atoms with Gasteiger partial charge >= 0.3 is 0 Å². The molecule has 1 N–H and O–H groups in total. The maximum absolute atomic E-state index is 13.2. The first-order chi connectivity index (χ1) is 13.0. The Kier molecular flexibility index (Phi) is 4.34. The lowest BCUT2D eigenvalue weighted by Crippen LogP contribution is -2.39. The van der Waals surface area contributed by atoms with Gasteiger partial charge in [-0.3, -0.25) is 14.7 Å². The van der Waals surface area contributed by atoms with Crippen LogP contribution in [0, 0.1) is 20.8 Å². The van der Waals surface area contributed by atoms with Crippen LogP contribution < -0.4 is 5.56 Å². The highest BCUT2D eigenvalue weighted by molar-refractivity contribution is 5.96. The Bertz CT molecular complexity index is 1080. The first-order valence-corrected chi connectivity index (χ1v) is 9.43. The quantitative estimate of drug-likeness (QED) is 0.758. The Morgan fingerprint density at radius 1 is 1.19 bits per heavy atom. The molecule has 1 fully saturated rings. The summed E-state index contributed by atoms with van der Waals surface area (Å²) in [5.41, 5.74) is 4.48. The van der Waals surface area contributed by atoms with Crippen LogP contribution in [0.2, 0.25) is 0 Å². The second-order valence-corrected chi connectivity index (χ2v) is 7.36. The van der Waals surface area contributed by atoms with Gasteiger partial charge < -0.3 is 4.90 Å². The predicted octanol–water partition coefficient (Wildman–Crippen LogP) is 3.32. The topological polar surface area (TPSA) is 70.5 Å². The number of nitrogens with zero attached hydrogens (tertiary/aromatic N) is 3. The van der Waals surface area contributed by atoms with Gasteiger partial charge in [0.2, 0.25) is 0 Å². The maximum atomic E-state index is 13.2. The van der Waals surface area contributed by atoms with Gasteiger partial charge in [-0.1, -0.05) is 18.2 Å². The van der Waals surface area contributed by atoms with Gasteiger partial charge in [-0.15, -0.1) is 0 Å². The lowest BCUT2D eigenvalue weighted by Gasteiger charge is -2.35. The molecule has 3 aromatic rings. The van der Waals surface area contributed by atoms with Crippen molar-refractivity contribution in [2.45, 2.75) is 46.1 Å². The number of H-pyrrole nitrogens is 1. The van der Waals surface area contributed by atoms with Gasteiger partial charge in [-0.25, -0.2) is 9.50 Å². The molecule has 27 heavy (non-hydrogen) atoms. The average Bonchev–Trinajstić information content (AvgIpc) is 3.10. The van der Waals surface area contributed by atoms with Crippen LogP contribution in [0.4, 0.5) is 0 Å². The number of aryl methyl sites for hydroxylation is 2. The predicted molar refractivity (Wildman–Crippen MR) is 104 cm³/mol. The molecule has 0 saturated carbocycles.